The van der Waals surface area contributed by atoms with E-state index >= 15 is 0 Å². The van der Waals surface area contributed by atoms with E-state index in [2.05, 4.69) is 128 Å². The number of phenols is 1. The highest BCUT2D eigenvalue weighted by Crippen LogP contribution is 2.43. The average molecular weight is 1000 g/mol. The molecule has 2 N–H and O–H groups in total. The molecule has 0 fully saturated rings. The van der Waals surface area contributed by atoms with E-state index in [0.29, 0.717) is 17.9 Å². The van der Waals surface area contributed by atoms with E-state index in [0.717, 1.165) is 48.2 Å². The Morgan fingerprint density at radius 1 is 0.458 bits per heavy atom. The number of carbonyl (C=O) groups is 1. The highest BCUT2D eigenvalue weighted by atomic mass is 16.5. The number of hydroxylamine groups is 2. The quantitative estimate of drug-likeness (QED) is 0.0232. The Balaban J connectivity index is 0.000000721. The fraction of sp³-hybridized carbons (Fsp3) is 0.776. The summed E-state index contributed by atoms with van der Waals surface area (Å²) in [5.41, 5.74) is 5.31. The van der Waals surface area contributed by atoms with Crippen molar-refractivity contribution in [2.24, 2.45) is 0 Å². The summed E-state index contributed by atoms with van der Waals surface area (Å²) in [6.45, 7) is 35.8. The SMILES string of the molecule is C=CC(=O)Oc1c(Cc2cc(C(C)(C)C)cc(C(C)(C)C)c2O)cc(C(C)(C)C)cc1C(C)(C)C.CCCCCCCCCCCCCCCCCCN(O)CCCCCCCCCCCCCCCCC. The van der Waals surface area contributed by atoms with Crippen molar-refractivity contribution in [3.8, 4) is 11.5 Å². The summed E-state index contributed by atoms with van der Waals surface area (Å²) in [5.74, 6) is 0.390. The predicted molar refractivity (Wildman–Crippen MR) is 316 cm³/mol. The summed E-state index contributed by atoms with van der Waals surface area (Å²) in [6.07, 6.45) is 45.1. The number of nitrogens with zero attached hydrogens (tertiary/aromatic N) is 1. The summed E-state index contributed by atoms with van der Waals surface area (Å²) < 4.78 is 5.89. The largest absolute Gasteiger partial charge is 0.507 e. The second-order valence-electron chi connectivity index (χ2n) is 26.1. The molecule has 72 heavy (non-hydrogen) atoms. The smallest absolute Gasteiger partial charge is 0.335 e. The van der Waals surface area contributed by atoms with Crippen LogP contribution in [0.25, 0.3) is 0 Å². The van der Waals surface area contributed by atoms with Crippen LogP contribution in [0.1, 0.15) is 329 Å². The van der Waals surface area contributed by atoms with Gasteiger partial charge in [0.2, 0.25) is 0 Å². The zero-order valence-electron chi connectivity index (χ0n) is 50.3. The lowest BCUT2D eigenvalue weighted by molar-refractivity contribution is -0.129. The number of esters is 1. The van der Waals surface area contributed by atoms with Crippen molar-refractivity contribution in [1.82, 2.24) is 5.06 Å². The number of unbranched alkanes of at least 4 members (excludes halogenated alkanes) is 29. The van der Waals surface area contributed by atoms with Crippen LogP contribution in [0.4, 0.5) is 0 Å². The predicted octanol–water partition coefficient (Wildman–Crippen LogP) is 21.1. The van der Waals surface area contributed by atoms with Gasteiger partial charge in [-0.15, -0.1) is 0 Å². The van der Waals surface area contributed by atoms with E-state index in [9.17, 15) is 15.1 Å². The zero-order valence-corrected chi connectivity index (χ0v) is 50.3. The Morgan fingerprint density at radius 2 is 0.750 bits per heavy atom. The van der Waals surface area contributed by atoms with E-state index in [-0.39, 0.29) is 21.7 Å². The molecule has 416 valence electrons. The maximum Gasteiger partial charge on any atom is 0.335 e. The third-order valence-corrected chi connectivity index (χ3v) is 14.7. The van der Waals surface area contributed by atoms with Crippen molar-refractivity contribution in [2.45, 2.75) is 324 Å². The summed E-state index contributed by atoms with van der Waals surface area (Å²) in [4.78, 5) is 12.4. The molecule has 5 heteroatoms. The Hall–Kier alpha value is -2.63. The first-order valence-corrected chi connectivity index (χ1v) is 30.3. The fourth-order valence-electron chi connectivity index (χ4n) is 9.73. The minimum absolute atomic E-state index is 0.0790. The van der Waals surface area contributed by atoms with Crippen LogP contribution in [-0.2, 0) is 32.9 Å². The molecule has 0 aliphatic heterocycles. The molecule has 0 atom stereocenters. The number of hydrogen-bond donors (Lipinski definition) is 2. The van der Waals surface area contributed by atoms with Gasteiger partial charge in [-0.25, -0.2) is 4.79 Å². The third-order valence-electron chi connectivity index (χ3n) is 14.7. The maximum absolute atomic E-state index is 12.4. The molecule has 0 saturated heterocycles. The lowest BCUT2D eigenvalue weighted by atomic mass is 9.76. The summed E-state index contributed by atoms with van der Waals surface area (Å²) in [5, 5.41) is 23.1. The molecule has 0 aromatic heterocycles. The molecule has 2 aromatic carbocycles. The summed E-state index contributed by atoms with van der Waals surface area (Å²) >= 11 is 0. The molecule has 0 amide bonds. The van der Waals surface area contributed by atoms with E-state index in [1.807, 2.05) is 0 Å². The number of benzene rings is 2. The topological polar surface area (TPSA) is 70.0 Å². The first-order chi connectivity index (χ1) is 34.0. The van der Waals surface area contributed by atoms with Gasteiger partial charge < -0.3 is 15.1 Å². The molecule has 5 nitrogen and oxygen atoms in total. The van der Waals surface area contributed by atoms with Crippen LogP contribution in [0.5, 0.6) is 11.5 Å². The van der Waals surface area contributed by atoms with Gasteiger partial charge in [0, 0.05) is 36.7 Å². The number of aromatic hydroxyl groups is 1. The van der Waals surface area contributed by atoms with Crippen molar-refractivity contribution in [3.63, 3.8) is 0 Å². The van der Waals surface area contributed by atoms with Gasteiger partial charge in [-0.3, -0.25) is 0 Å². The van der Waals surface area contributed by atoms with Crippen LogP contribution in [0.3, 0.4) is 0 Å². The van der Waals surface area contributed by atoms with Gasteiger partial charge in [0.05, 0.1) is 0 Å². The molecule has 0 aliphatic rings. The van der Waals surface area contributed by atoms with Crippen LogP contribution >= 0.6 is 0 Å². The van der Waals surface area contributed by atoms with Gasteiger partial charge in [-0.05, 0) is 56.8 Å². The summed E-state index contributed by atoms with van der Waals surface area (Å²) in [6, 6.07) is 8.51. The first-order valence-electron chi connectivity index (χ1n) is 30.3. The van der Waals surface area contributed by atoms with E-state index < -0.39 is 5.97 Å². The van der Waals surface area contributed by atoms with Crippen molar-refractivity contribution >= 4 is 5.97 Å². The molecule has 0 heterocycles. The lowest BCUT2D eigenvalue weighted by Gasteiger charge is -2.30. The van der Waals surface area contributed by atoms with Crippen LogP contribution in [0, 0.1) is 0 Å². The number of ether oxygens (including phenoxy) is 1. The Kier molecular flexibility index (Phi) is 34.8. The monoisotopic (exact) mass is 1000 g/mol. The van der Waals surface area contributed by atoms with Crippen molar-refractivity contribution in [3.05, 3.63) is 70.3 Å². The minimum Gasteiger partial charge on any atom is -0.507 e. The molecule has 0 aliphatic carbocycles. The maximum atomic E-state index is 12.4. The number of rotatable bonds is 37. The van der Waals surface area contributed by atoms with E-state index in [4.69, 9.17) is 4.74 Å². The number of hydrogen-bond acceptors (Lipinski definition) is 5. The minimum atomic E-state index is -0.483. The Labute approximate surface area is 447 Å². The Bertz CT molecular complexity index is 1710. The van der Waals surface area contributed by atoms with Gasteiger partial charge >= 0.3 is 5.97 Å². The van der Waals surface area contributed by atoms with Gasteiger partial charge in [-0.1, -0.05) is 314 Å². The second kappa shape index (κ2) is 37.2. The van der Waals surface area contributed by atoms with Crippen molar-refractivity contribution in [1.29, 1.82) is 0 Å². The van der Waals surface area contributed by atoms with Gasteiger partial charge in [0.15, 0.2) is 0 Å². The molecule has 2 rings (SSSR count). The van der Waals surface area contributed by atoms with E-state index in [1.54, 1.807) is 5.06 Å². The van der Waals surface area contributed by atoms with Crippen LogP contribution in [0.2, 0.25) is 0 Å². The molecule has 0 bridgehead atoms. The van der Waals surface area contributed by atoms with Crippen LogP contribution < -0.4 is 4.74 Å². The molecule has 0 saturated carbocycles. The van der Waals surface area contributed by atoms with Gasteiger partial charge in [-0.2, -0.15) is 5.06 Å². The van der Waals surface area contributed by atoms with Gasteiger partial charge in [0.25, 0.3) is 0 Å². The average Bonchev–Trinajstić information content (AvgIpc) is 3.29. The normalized spacial score (nSPS) is 12.3. The molecular weight excluding hydrogens is 883 g/mol. The zero-order chi connectivity index (χ0) is 54.1. The van der Waals surface area contributed by atoms with Crippen molar-refractivity contribution < 1.29 is 19.8 Å². The molecule has 2 aromatic rings. The highest BCUT2D eigenvalue weighted by Gasteiger charge is 2.30. The first kappa shape index (κ1) is 67.4. The van der Waals surface area contributed by atoms with Crippen LogP contribution in [-0.4, -0.2) is 34.4 Å². The third kappa shape index (κ3) is 30.7. The number of carbonyl (C=O) groups excluding carboxylic acids is 1. The Morgan fingerprint density at radius 3 is 1.04 bits per heavy atom. The second-order valence-corrected chi connectivity index (χ2v) is 26.1. The molecule has 0 radical (unpaired) electrons. The number of phenolic OH excluding ortho intramolecular Hbond substituents is 1. The summed E-state index contributed by atoms with van der Waals surface area (Å²) in [7, 11) is 0. The van der Waals surface area contributed by atoms with Crippen LogP contribution in [0.15, 0.2) is 36.9 Å². The molecular formula is C67H119NO4. The fourth-order valence-corrected chi connectivity index (χ4v) is 9.73. The standard InChI is InChI=1S/C35H73NO.C32H46O3/c1-3-5-7-9-11-13-15-17-19-21-23-25-27-29-31-33-35-36(37)34-32-30-28-26-24-22-20-18-16-14-12-10-8-6-4-2;1-14-26(33)35-28-21(17-23(30(5,6)7)19-25(28)32(11,12)13)15-20-16-22(29(2,3)4)18-24(27(20)34)31(8,9)10/h37H,3-35H2,1-2H3;14,16-19,34H,1,15H2,2-13H3. The molecule has 0 unspecified atom stereocenters. The van der Waals surface area contributed by atoms with Gasteiger partial charge in [0.1, 0.15) is 11.5 Å². The lowest BCUT2D eigenvalue weighted by Crippen LogP contribution is -2.21. The van der Waals surface area contributed by atoms with Crippen molar-refractivity contribution in [2.75, 3.05) is 13.1 Å². The molecule has 0 spiro atoms. The highest BCUT2D eigenvalue weighted by molar-refractivity contribution is 5.84. The van der Waals surface area contributed by atoms with E-state index in [1.165, 1.54) is 203 Å².